The molecule has 0 radical (unpaired) electrons. The predicted molar refractivity (Wildman–Crippen MR) is 88.0 cm³/mol. The Morgan fingerprint density at radius 2 is 2.24 bits per heavy atom. The van der Waals surface area contributed by atoms with E-state index in [1.54, 1.807) is 11.3 Å². The van der Waals surface area contributed by atoms with Gasteiger partial charge in [0.2, 0.25) is 5.91 Å². The van der Waals surface area contributed by atoms with Gasteiger partial charge >= 0.3 is 0 Å². The van der Waals surface area contributed by atoms with Gasteiger partial charge in [-0.25, -0.2) is 0 Å². The maximum absolute atomic E-state index is 11.2. The van der Waals surface area contributed by atoms with Crippen LogP contribution in [0.3, 0.4) is 0 Å². The van der Waals surface area contributed by atoms with Crippen molar-refractivity contribution in [3.8, 4) is 0 Å². The van der Waals surface area contributed by atoms with E-state index in [0.29, 0.717) is 0 Å². The Hall–Kier alpha value is -1.52. The number of thiophene rings is 1. The van der Waals surface area contributed by atoms with E-state index >= 15 is 0 Å². The summed E-state index contributed by atoms with van der Waals surface area (Å²) in [5.41, 5.74) is 8.55. The number of rotatable bonds is 4. The lowest BCUT2D eigenvalue weighted by Crippen LogP contribution is -2.18. The molecule has 0 saturated heterocycles. The van der Waals surface area contributed by atoms with Crippen LogP contribution in [0.5, 0.6) is 0 Å². The molecule has 0 bridgehead atoms. The number of anilines is 1. The molecule has 3 nitrogen and oxygen atoms in total. The number of amides is 1. The summed E-state index contributed by atoms with van der Waals surface area (Å²) in [6.07, 6.45) is 3.59. The first kappa shape index (κ1) is 14.4. The largest absolute Gasteiger partial charge is 0.378 e. The van der Waals surface area contributed by atoms with Crippen LogP contribution in [0.2, 0.25) is 4.34 Å². The van der Waals surface area contributed by atoms with Crippen molar-refractivity contribution in [1.29, 1.82) is 0 Å². The Morgan fingerprint density at radius 1 is 1.43 bits per heavy atom. The third kappa shape index (κ3) is 3.22. The van der Waals surface area contributed by atoms with Crippen molar-refractivity contribution in [2.75, 3.05) is 5.32 Å². The lowest BCUT2D eigenvalue weighted by Gasteiger charge is -2.25. The molecule has 0 fully saturated rings. The van der Waals surface area contributed by atoms with Gasteiger partial charge in [0.25, 0.3) is 0 Å². The Balaban J connectivity index is 1.86. The Bertz CT molecular complexity index is 668. The monoisotopic (exact) mass is 320 g/mol. The molecule has 1 aromatic heterocycles. The summed E-state index contributed by atoms with van der Waals surface area (Å²) in [7, 11) is 0. The summed E-state index contributed by atoms with van der Waals surface area (Å²) >= 11 is 7.82. The van der Waals surface area contributed by atoms with Crippen molar-refractivity contribution in [2.24, 2.45) is 5.73 Å². The van der Waals surface area contributed by atoms with Gasteiger partial charge in [-0.3, -0.25) is 4.79 Å². The maximum atomic E-state index is 11.2. The molecule has 3 N–H and O–H groups in total. The molecule has 21 heavy (non-hydrogen) atoms. The second-order valence-corrected chi connectivity index (χ2v) is 7.09. The van der Waals surface area contributed by atoms with Crippen molar-refractivity contribution in [1.82, 2.24) is 0 Å². The summed E-state index contributed by atoms with van der Waals surface area (Å²) in [5, 5.41) is 3.56. The van der Waals surface area contributed by atoms with Crippen molar-refractivity contribution in [2.45, 2.75) is 31.7 Å². The second-order valence-electron chi connectivity index (χ2n) is 5.32. The van der Waals surface area contributed by atoms with Crippen molar-refractivity contribution in [3.05, 3.63) is 50.7 Å². The van der Waals surface area contributed by atoms with Crippen LogP contribution >= 0.6 is 22.9 Å². The molecular weight excluding hydrogens is 304 g/mol. The number of nitrogens with two attached hydrogens (primary N) is 1. The number of hydrogen-bond donors (Lipinski definition) is 2. The molecular formula is C16H17ClN2OS. The zero-order chi connectivity index (χ0) is 14.8. The molecule has 5 heteroatoms. The highest BCUT2D eigenvalue weighted by Gasteiger charge is 2.23. The molecule has 2 aromatic rings. The smallest absolute Gasteiger partial charge is 0.221 e. The average Bonchev–Trinajstić information content (AvgIpc) is 2.82. The maximum Gasteiger partial charge on any atom is 0.221 e. The second kappa shape index (κ2) is 6.08. The molecule has 1 aliphatic carbocycles. The number of primary amides is 1. The lowest BCUT2D eigenvalue weighted by molar-refractivity contribution is -0.117. The molecule has 1 atom stereocenters. The quantitative estimate of drug-likeness (QED) is 0.897. The van der Waals surface area contributed by atoms with Crippen LogP contribution in [0.15, 0.2) is 30.3 Å². The van der Waals surface area contributed by atoms with Crippen LogP contribution in [-0.2, 0) is 17.6 Å². The molecule has 1 aromatic carbocycles. The summed E-state index contributed by atoms with van der Waals surface area (Å²) in [6.45, 7) is 0. The average molecular weight is 321 g/mol. The molecule has 1 aliphatic rings. The van der Waals surface area contributed by atoms with Gasteiger partial charge in [-0.2, -0.15) is 0 Å². The van der Waals surface area contributed by atoms with Gasteiger partial charge in [0.1, 0.15) is 0 Å². The predicted octanol–water partition coefficient (Wildman–Crippen LogP) is 3.92. The molecule has 1 amide bonds. The first-order chi connectivity index (χ1) is 10.1. The highest BCUT2D eigenvalue weighted by molar-refractivity contribution is 7.16. The fraction of sp³-hybridized carbons (Fsp3) is 0.312. The minimum absolute atomic E-state index is 0.256. The van der Waals surface area contributed by atoms with Gasteiger partial charge in [0, 0.05) is 10.6 Å². The van der Waals surface area contributed by atoms with Crippen molar-refractivity contribution >= 4 is 34.5 Å². The first-order valence-corrected chi connectivity index (χ1v) is 8.24. The van der Waals surface area contributed by atoms with E-state index in [1.807, 2.05) is 24.3 Å². The first-order valence-electron chi connectivity index (χ1n) is 7.04. The molecule has 3 rings (SSSR count). The van der Waals surface area contributed by atoms with Gasteiger partial charge in [-0.1, -0.05) is 29.8 Å². The Labute approximate surface area is 133 Å². The van der Waals surface area contributed by atoms with E-state index < -0.39 is 0 Å². The number of fused-ring (bicyclic) bond motifs is 1. The van der Waals surface area contributed by atoms with Crippen LogP contribution in [0, 0.1) is 0 Å². The zero-order valence-electron chi connectivity index (χ0n) is 11.6. The summed E-state index contributed by atoms with van der Waals surface area (Å²) in [6, 6.07) is 10.2. The van der Waals surface area contributed by atoms with Gasteiger partial charge in [0.05, 0.1) is 16.8 Å². The Morgan fingerprint density at radius 3 is 3.05 bits per heavy atom. The zero-order valence-corrected chi connectivity index (χ0v) is 13.1. The summed E-state index contributed by atoms with van der Waals surface area (Å²) < 4.78 is 0.846. The third-order valence-electron chi connectivity index (χ3n) is 3.80. The molecule has 0 saturated carbocycles. The highest BCUT2D eigenvalue weighted by atomic mass is 35.5. The van der Waals surface area contributed by atoms with Crippen LogP contribution in [-0.4, -0.2) is 5.91 Å². The number of para-hydroxylation sites is 1. The standard InChI is InChI=1S/C16H17ClN2OS/c17-15-9-11-13(6-3-7-14(11)21-15)19-12-5-2-1-4-10(12)8-16(18)20/h1-2,4-5,9,13,19H,3,6-8H2,(H2,18,20). The van der Waals surface area contributed by atoms with Gasteiger partial charge in [0.15, 0.2) is 0 Å². The van der Waals surface area contributed by atoms with E-state index in [0.717, 1.165) is 34.8 Å². The molecule has 1 unspecified atom stereocenters. The molecule has 1 heterocycles. The molecule has 0 aliphatic heterocycles. The van der Waals surface area contributed by atoms with Gasteiger partial charge in [-0.05, 0) is 42.5 Å². The van der Waals surface area contributed by atoms with Crippen LogP contribution in [0.4, 0.5) is 5.69 Å². The minimum atomic E-state index is -0.313. The SMILES string of the molecule is NC(=O)Cc1ccccc1NC1CCCc2sc(Cl)cc21. The van der Waals surface area contributed by atoms with E-state index in [2.05, 4.69) is 11.4 Å². The van der Waals surface area contributed by atoms with Crippen LogP contribution in [0.25, 0.3) is 0 Å². The highest BCUT2D eigenvalue weighted by Crippen LogP contribution is 2.39. The number of aryl methyl sites for hydroxylation is 1. The fourth-order valence-corrected chi connectivity index (χ4v) is 4.25. The van der Waals surface area contributed by atoms with E-state index in [-0.39, 0.29) is 18.4 Å². The Kier molecular flexibility index (Phi) is 4.17. The number of halogens is 1. The van der Waals surface area contributed by atoms with Gasteiger partial charge in [-0.15, -0.1) is 11.3 Å². The number of hydrogen-bond acceptors (Lipinski definition) is 3. The van der Waals surface area contributed by atoms with Crippen LogP contribution < -0.4 is 11.1 Å². The molecule has 0 spiro atoms. The lowest BCUT2D eigenvalue weighted by atomic mass is 9.93. The van der Waals surface area contributed by atoms with Crippen molar-refractivity contribution in [3.63, 3.8) is 0 Å². The third-order valence-corrected chi connectivity index (χ3v) is 5.14. The summed E-state index contributed by atoms with van der Waals surface area (Å²) in [4.78, 5) is 12.6. The van der Waals surface area contributed by atoms with Crippen molar-refractivity contribution < 1.29 is 4.79 Å². The number of nitrogens with one attached hydrogen (secondary N) is 1. The normalized spacial score (nSPS) is 17.3. The number of benzene rings is 1. The van der Waals surface area contributed by atoms with Gasteiger partial charge < -0.3 is 11.1 Å². The van der Waals surface area contributed by atoms with E-state index in [9.17, 15) is 4.79 Å². The number of carbonyl (C=O) groups is 1. The summed E-state index contributed by atoms with van der Waals surface area (Å²) in [5.74, 6) is -0.313. The van der Waals surface area contributed by atoms with E-state index in [1.165, 1.54) is 10.4 Å². The topological polar surface area (TPSA) is 55.1 Å². The minimum Gasteiger partial charge on any atom is -0.378 e. The van der Waals surface area contributed by atoms with Crippen LogP contribution in [0.1, 0.15) is 34.9 Å². The number of carbonyl (C=O) groups excluding carboxylic acids is 1. The fourth-order valence-electron chi connectivity index (χ4n) is 2.86. The molecule has 110 valence electrons. The van der Waals surface area contributed by atoms with E-state index in [4.69, 9.17) is 17.3 Å².